The summed E-state index contributed by atoms with van der Waals surface area (Å²) in [5, 5.41) is 3.24. The minimum Gasteiger partial charge on any atom is -0.434 e. The third-order valence-corrected chi connectivity index (χ3v) is 2.31. The van der Waals surface area contributed by atoms with E-state index >= 15 is 0 Å². The summed E-state index contributed by atoms with van der Waals surface area (Å²) in [4.78, 5) is 10.6. The van der Waals surface area contributed by atoms with Crippen LogP contribution in [0.1, 0.15) is 0 Å². The first-order valence-corrected chi connectivity index (χ1v) is 3.86. The van der Waals surface area contributed by atoms with E-state index in [9.17, 15) is 4.79 Å². The van der Waals surface area contributed by atoms with Crippen LogP contribution in [0.5, 0.6) is 0 Å². The summed E-state index contributed by atoms with van der Waals surface area (Å²) >= 11 is 0. The number of carbonyl (C=O) groups is 1. The highest BCUT2D eigenvalue weighted by molar-refractivity contribution is 5.85. The highest BCUT2D eigenvalue weighted by Crippen LogP contribution is 2.20. The highest BCUT2D eigenvalue weighted by Gasteiger charge is 2.32. The Morgan fingerprint density at radius 2 is 1.67 bits per heavy atom. The zero-order chi connectivity index (χ0) is 7.68. The van der Waals surface area contributed by atoms with E-state index in [-0.39, 0.29) is 12.4 Å². The molecule has 0 unspecified atom stereocenters. The lowest BCUT2D eigenvalue weighted by molar-refractivity contribution is 0.0673. The molecule has 12 heavy (non-hydrogen) atoms. The average Bonchev–Trinajstić information content (AvgIpc) is 2.38. The van der Waals surface area contributed by atoms with Gasteiger partial charge in [-0.05, 0) is 0 Å². The van der Waals surface area contributed by atoms with Crippen molar-refractivity contribution in [2.75, 3.05) is 26.3 Å². The molecule has 2 fully saturated rings. The lowest BCUT2D eigenvalue weighted by Crippen LogP contribution is -2.17. The van der Waals surface area contributed by atoms with Gasteiger partial charge in [0.15, 0.2) is 0 Å². The van der Waals surface area contributed by atoms with Gasteiger partial charge in [-0.15, -0.1) is 12.4 Å². The third-order valence-electron chi connectivity index (χ3n) is 2.31. The standard InChI is InChI=1S/C7H11NO3.ClH/c9-7-10-3-5-1-8-2-6(5)4-11-7;/h5-6,8H,1-4H2;1H/t5-,6-;/m0./s1. The maximum absolute atomic E-state index is 10.6. The quantitative estimate of drug-likeness (QED) is 0.567. The Morgan fingerprint density at radius 1 is 1.17 bits per heavy atom. The smallest absolute Gasteiger partial charge is 0.434 e. The van der Waals surface area contributed by atoms with Crippen LogP contribution in [-0.2, 0) is 9.47 Å². The van der Waals surface area contributed by atoms with Crippen molar-refractivity contribution in [2.24, 2.45) is 11.8 Å². The van der Waals surface area contributed by atoms with Gasteiger partial charge in [-0.2, -0.15) is 0 Å². The number of fused-ring (bicyclic) bond motifs is 1. The molecule has 0 bridgehead atoms. The zero-order valence-electron chi connectivity index (χ0n) is 6.62. The molecule has 0 aromatic carbocycles. The Balaban J connectivity index is 0.000000720. The SMILES string of the molecule is Cl.O=C1OC[C@@H]2CNC[C@H]2CO1. The molecule has 2 aliphatic rings. The van der Waals surface area contributed by atoms with E-state index in [1.54, 1.807) is 0 Å². The largest absolute Gasteiger partial charge is 0.508 e. The summed E-state index contributed by atoms with van der Waals surface area (Å²) in [6.07, 6.45) is -0.514. The van der Waals surface area contributed by atoms with Crippen LogP contribution in [0.15, 0.2) is 0 Å². The molecule has 2 saturated heterocycles. The van der Waals surface area contributed by atoms with Gasteiger partial charge < -0.3 is 14.8 Å². The molecule has 4 nitrogen and oxygen atoms in total. The highest BCUT2D eigenvalue weighted by atomic mass is 35.5. The second-order valence-corrected chi connectivity index (χ2v) is 3.05. The second kappa shape index (κ2) is 3.96. The fourth-order valence-electron chi connectivity index (χ4n) is 1.57. The van der Waals surface area contributed by atoms with E-state index in [0.29, 0.717) is 25.0 Å². The van der Waals surface area contributed by atoms with Crippen molar-refractivity contribution >= 4 is 18.6 Å². The predicted octanol–water partition coefficient (Wildman–Crippen LogP) is 0.411. The molecule has 0 amide bonds. The van der Waals surface area contributed by atoms with Crippen LogP contribution >= 0.6 is 12.4 Å². The van der Waals surface area contributed by atoms with Gasteiger partial charge in [0.25, 0.3) is 0 Å². The van der Waals surface area contributed by atoms with Gasteiger partial charge in [0.05, 0.1) is 13.2 Å². The molecule has 0 aliphatic carbocycles. The molecule has 5 heteroatoms. The molecular formula is C7H12ClNO3. The monoisotopic (exact) mass is 193 g/mol. The van der Waals surface area contributed by atoms with Crippen molar-refractivity contribution in [2.45, 2.75) is 0 Å². The van der Waals surface area contributed by atoms with E-state index in [2.05, 4.69) is 5.32 Å². The maximum Gasteiger partial charge on any atom is 0.508 e. The zero-order valence-corrected chi connectivity index (χ0v) is 7.43. The van der Waals surface area contributed by atoms with E-state index in [1.165, 1.54) is 0 Å². The van der Waals surface area contributed by atoms with Crippen LogP contribution < -0.4 is 5.32 Å². The Bertz CT molecular complexity index is 160. The molecular weight excluding hydrogens is 182 g/mol. The topological polar surface area (TPSA) is 47.6 Å². The molecule has 2 rings (SSSR count). The molecule has 0 saturated carbocycles. The van der Waals surface area contributed by atoms with Crippen molar-refractivity contribution in [3.8, 4) is 0 Å². The third kappa shape index (κ3) is 1.81. The van der Waals surface area contributed by atoms with Crippen LogP contribution in [0, 0.1) is 11.8 Å². The van der Waals surface area contributed by atoms with Gasteiger partial charge in [-0.25, -0.2) is 4.79 Å². The van der Waals surface area contributed by atoms with Crippen LogP contribution in [0.25, 0.3) is 0 Å². The van der Waals surface area contributed by atoms with Gasteiger partial charge in [-0.1, -0.05) is 0 Å². The van der Waals surface area contributed by atoms with Gasteiger partial charge in [0.1, 0.15) is 0 Å². The van der Waals surface area contributed by atoms with Crippen LogP contribution in [-0.4, -0.2) is 32.5 Å². The summed E-state index contributed by atoms with van der Waals surface area (Å²) in [6, 6.07) is 0. The Kier molecular flexibility index (Phi) is 3.17. The van der Waals surface area contributed by atoms with Crippen LogP contribution in [0.3, 0.4) is 0 Å². The number of hydrogen-bond donors (Lipinski definition) is 1. The predicted molar refractivity (Wildman–Crippen MR) is 44.4 cm³/mol. The van der Waals surface area contributed by atoms with Gasteiger partial charge in [0, 0.05) is 24.9 Å². The number of halogens is 1. The molecule has 0 radical (unpaired) electrons. The van der Waals surface area contributed by atoms with Crippen molar-refractivity contribution in [3.63, 3.8) is 0 Å². The van der Waals surface area contributed by atoms with E-state index < -0.39 is 6.16 Å². The number of hydrogen-bond acceptors (Lipinski definition) is 4. The minimum absolute atomic E-state index is 0. The van der Waals surface area contributed by atoms with Crippen molar-refractivity contribution in [3.05, 3.63) is 0 Å². The normalized spacial score (nSPS) is 33.8. The van der Waals surface area contributed by atoms with Crippen LogP contribution in [0.4, 0.5) is 4.79 Å². The van der Waals surface area contributed by atoms with Gasteiger partial charge in [0.2, 0.25) is 0 Å². The Morgan fingerprint density at radius 3 is 2.17 bits per heavy atom. The van der Waals surface area contributed by atoms with E-state index in [4.69, 9.17) is 9.47 Å². The summed E-state index contributed by atoms with van der Waals surface area (Å²) in [5.74, 6) is 0.919. The molecule has 70 valence electrons. The number of cyclic esters (lactones) is 2. The number of nitrogens with one attached hydrogen (secondary N) is 1. The second-order valence-electron chi connectivity index (χ2n) is 3.05. The molecule has 2 aliphatic heterocycles. The first-order chi connectivity index (χ1) is 5.36. The lowest BCUT2D eigenvalue weighted by atomic mass is 9.98. The summed E-state index contributed by atoms with van der Waals surface area (Å²) < 4.78 is 9.63. The molecule has 0 spiro atoms. The fraction of sp³-hybridized carbons (Fsp3) is 0.857. The fourth-order valence-corrected chi connectivity index (χ4v) is 1.57. The molecule has 0 aromatic rings. The molecule has 1 N–H and O–H groups in total. The van der Waals surface area contributed by atoms with Gasteiger partial charge >= 0.3 is 6.16 Å². The summed E-state index contributed by atoms with van der Waals surface area (Å²) in [6.45, 7) is 2.91. The molecule has 0 aromatic heterocycles. The Hall–Kier alpha value is -0.480. The average molecular weight is 194 g/mol. The minimum atomic E-state index is -0.514. The van der Waals surface area contributed by atoms with Crippen molar-refractivity contribution in [1.29, 1.82) is 0 Å². The summed E-state index contributed by atoms with van der Waals surface area (Å²) in [7, 11) is 0. The van der Waals surface area contributed by atoms with Crippen molar-refractivity contribution < 1.29 is 14.3 Å². The first kappa shape index (κ1) is 9.61. The van der Waals surface area contributed by atoms with Crippen LogP contribution in [0.2, 0.25) is 0 Å². The maximum atomic E-state index is 10.6. The van der Waals surface area contributed by atoms with Crippen molar-refractivity contribution in [1.82, 2.24) is 5.32 Å². The van der Waals surface area contributed by atoms with E-state index in [0.717, 1.165) is 13.1 Å². The number of ether oxygens (including phenoxy) is 2. The number of rotatable bonds is 0. The number of carbonyl (C=O) groups excluding carboxylic acids is 1. The first-order valence-electron chi connectivity index (χ1n) is 3.86. The van der Waals surface area contributed by atoms with E-state index in [1.807, 2.05) is 0 Å². The molecule has 2 atom stereocenters. The molecule has 2 heterocycles. The lowest BCUT2D eigenvalue weighted by Gasteiger charge is -2.09. The summed E-state index contributed by atoms with van der Waals surface area (Å²) in [5.41, 5.74) is 0. The van der Waals surface area contributed by atoms with Gasteiger partial charge in [-0.3, -0.25) is 0 Å². The Labute approximate surface area is 77.0 Å².